The van der Waals surface area contributed by atoms with Crippen molar-refractivity contribution in [3.05, 3.63) is 81.8 Å². The molecule has 1 atom stereocenters. The number of rotatable bonds is 2. The lowest BCUT2D eigenvalue weighted by Crippen LogP contribution is -2.20. The first kappa shape index (κ1) is 15.1. The molecule has 0 saturated heterocycles. The summed E-state index contributed by atoms with van der Waals surface area (Å²) in [7, 11) is 0. The zero-order chi connectivity index (χ0) is 16.7. The Kier molecular flexibility index (Phi) is 3.69. The lowest BCUT2D eigenvalue weighted by atomic mass is 10.0. The van der Waals surface area contributed by atoms with Crippen LogP contribution >= 0.6 is 15.9 Å². The van der Waals surface area contributed by atoms with Crippen molar-refractivity contribution in [2.45, 2.75) is 13.0 Å². The molecule has 1 aliphatic rings. The summed E-state index contributed by atoms with van der Waals surface area (Å²) in [5.41, 5.74) is 4.17. The van der Waals surface area contributed by atoms with Crippen LogP contribution in [0.4, 0.5) is 10.3 Å². The summed E-state index contributed by atoms with van der Waals surface area (Å²) in [5, 5.41) is 7.60. The van der Waals surface area contributed by atoms with Crippen LogP contribution in [0.15, 0.2) is 59.3 Å². The number of halogens is 2. The van der Waals surface area contributed by atoms with Crippen molar-refractivity contribution in [2.24, 2.45) is 0 Å². The van der Waals surface area contributed by atoms with Gasteiger partial charge in [-0.25, -0.2) is 9.07 Å². The van der Waals surface area contributed by atoms with E-state index in [1.807, 2.05) is 0 Å². The van der Waals surface area contributed by atoms with Gasteiger partial charge in [-0.1, -0.05) is 35.9 Å². The normalized spacial score (nSPS) is 16.3. The van der Waals surface area contributed by atoms with E-state index >= 15 is 0 Å². The van der Waals surface area contributed by atoms with E-state index in [-0.39, 0.29) is 11.9 Å². The molecule has 120 valence electrons. The van der Waals surface area contributed by atoms with E-state index in [1.165, 1.54) is 18.0 Å². The quantitative estimate of drug-likeness (QED) is 0.704. The molecule has 0 radical (unpaired) electrons. The Labute approximate surface area is 147 Å². The van der Waals surface area contributed by atoms with Gasteiger partial charge in [-0.3, -0.25) is 0 Å². The number of benzene rings is 2. The Hall–Kier alpha value is -2.47. The van der Waals surface area contributed by atoms with Crippen LogP contribution < -0.4 is 5.32 Å². The predicted molar refractivity (Wildman–Crippen MR) is 95.0 cm³/mol. The van der Waals surface area contributed by atoms with Crippen molar-refractivity contribution >= 4 is 27.6 Å². The second kappa shape index (κ2) is 5.87. The Balaban J connectivity index is 1.81. The number of anilines is 1. The number of hydrogen-bond acceptors (Lipinski definition) is 3. The van der Waals surface area contributed by atoms with Gasteiger partial charge in [0.25, 0.3) is 0 Å². The molecule has 4 nitrogen and oxygen atoms in total. The summed E-state index contributed by atoms with van der Waals surface area (Å²) >= 11 is 3.25. The molecule has 0 fully saturated rings. The Morgan fingerprint density at radius 1 is 1.17 bits per heavy atom. The fourth-order valence-electron chi connectivity index (χ4n) is 2.77. The van der Waals surface area contributed by atoms with Crippen molar-refractivity contribution in [3.8, 4) is 0 Å². The Bertz CT molecular complexity index is 930. The van der Waals surface area contributed by atoms with Gasteiger partial charge in [-0.15, -0.1) is 0 Å². The van der Waals surface area contributed by atoms with Gasteiger partial charge in [0.15, 0.2) is 0 Å². The van der Waals surface area contributed by atoms with Gasteiger partial charge >= 0.3 is 0 Å². The Morgan fingerprint density at radius 3 is 2.71 bits per heavy atom. The predicted octanol–water partition coefficient (Wildman–Crippen LogP) is 4.54. The Morgan fingerprint density at radius 2 is 1.96 bits per heavy atom. The molecule has 3 aromatic rings. The van der Waals surface area contributed by atoms with Gasteiger partial charge in [-0.2, -0.15) is 10.1 Å². The maximum atomic E-state index is 13.6. The summed E-state index contributed by atoms with van der Waals surface area (Å²) < 4.78 is 15.8. The number of hydrogen-bond donors (Lipinski definition) is 1. The molecule has 24 heavy (non-hydrogen) atoms. The largest absolute Gasteiger partial charge is 0.324 e. The summed E-state index contributed by atoms with van der Waals surface area (Å²) in [4.78, 5) is 4.28. The first-order chi connectivity index (χ1) is 11.6. The number of nitrogens with one attached hydrogen (secondary N) is 1. The van der Waals surface area contributed by atoms with Crippen LogP contribution in [0.3, 0.4) is 0 Å². The zero-order valence-corrected chi connectivity index (χ0v) is 14.5. The highest BCUT2D eigenvalue weighted by atomic mass is 79.9. The van der Waals surface area contributed by atoms with E-state index in [0.717, 1.165) is 16.8 Å². The minimum absolute atomic E-state index is 0.156. The van der Waals surface area contributed by atoms with Gasteiger partial charge < -0.3 is 5.32 Å². The van der Waals surface area contributed by atoms with Crippen LogP contribution in [0.2, 0.25) is 0 Å². The van der Waals surface area contributed by atoms with E-state index in [1.54, 1.807) is 16.8 Å². The monoisotopic (exact) mass is 384 g/mol. The van der Waals surface area contributed by atoms with E-state index in [4.69, 9.17) is 0 Å². The highest BCUT2D eigenvalue weighted by molar-refractivity contribution is 9.10. The van der Waals surface area contributed by atoms with E-state index in [0.29, 0.717) is 10.4 Å². The van der Waals surface area contributed by atoms with E-state index in [9.17, 15) is 4.39 Å². The number of aromatic nitrogens is 3. The van der Waals surface area contributed by atoms with Crippen molar-refractivity contribution < 1.29 is 4.39 Å². The van der Waals surface area contributed by atoms with Crippen molar-refractivity contribution in [3.63, 3.8) is 0 Å². The van der Waals surface area contributed by atoms with Crippen LogP contribution in [-0.4, -0.2) is 14.8 Å². The van der Waals surface area contributed by atoms with Gasteiger partial charge in [-0.05, 0) is 52.2 Å². The van der Waals surface area contributed by atoms with Gasteiger partial charge in [0.2, 0.25) is 5.95 Å². The minimum atomic E-state index is -0.283. The maximum Gasteiger partial charge on any atom is 0.226 e. The van der Waals surface area contributed by atoms with Gasteiger partial charge in [0.05, 0.1) is 4.47 Å². The lowest BCUT2D eigenvalue weighted by Gasteiger charge is -2.24. The molecule has 2 heterocycles. The SMILES string of the molecule is Cc1ccc(C2=CC(c3ccc(F)c(Br)c3)n3ncnc3N2)cc1. The number of allylic oxidation sites excluding steroid dienone is 1. The fraction of sp³-hybridized carbons (Fsp3) is 0.111. The van der Waals surface area contributed by atoms with Crippen LogP contribution in [0.5, 0.6) is 0 Å². The molecule has 0 saturated carbocycles. The molecule has 1 aliphatic heterocycles. The molecule has 0 aliphatic carbocycles. The molecule has 1 N–H and O–H groups in total. The summed E-state index contributed by atoms with van der Waals surface area (Å²) in [5.74, 6) is 0.382. The molecule has 4 rings (SSSR count). The van der Waals surface area contributed by atoms with Crippen molar-refractivity contribution in [2.75, 3.05) is 5.32 Å². The molecular formula is C18H14BrFN4. The standard InChI is InChI=1S/C18H14BrFN4/c1-11-2-4-12(5-3-11)16-9-17(24-18(23-16)21-10-22-24)13-6-7-15(20)14(19)8-13/h2-10,17H,1H3,(H,21,22,23). The summed E-state index contributed by atoms with van der Waals surface area (Å²) in [6.45, 7) is 2.06. The third kappa shape index (κ3) is 2.63. The lowest BCUT2D eigenvalue weighted by molar-refractivity contribution is 0.599. The minimum Gasteiger partial charge on any atom is -0.324 e. The highest BCUT2D eigenvalue weighted by Crippen LogP contribution is 2.33. The first-order valence-electron chi connectivity index (χ1n) is 7.52. The molecule has 1 aromatic heterocycles. The van der Waals surface area contributed by atoms with Crippen molar-refractivity contribution in [1.82, 2.24) is 14.8 Å². The van der Waals surface area contributed by atoms with Crippen LogP contribution in [0.1, 0.15) is 22.7 Å². The van der Waals surface area contributed by atoms with E-state index in [2.05, 4.69) is 68.6 Å². The topological polar surface area (TPSA) is 42.7 Å². The molecule has 0 bridgehead atoms. The van der Waals surface area contributed by atoms with E-state index < -0.39 is 0 Å². The third-order valence-corrected chi connectivity index (χ3v) is 4.66. The van der Waals surface area contributed by atoms with Gasteiger partial charge in [0.1, 0.15) is 18.2 Å². The number of fused-ring (bicyclic) bond motifs is 1. The zero-order valence-electron chi connectivity index (χ0n) is 12.9. The smallest absolute Gasteiger partial charge is 0.226 e. The summed E-state index contributed by atoms with van der Waals surface area (Å²) in [6, 6.07) is 13.1. The van der Waals surface area contributed by atoms with Crippen LogP contribution in [0.25, 0.3) is 5.70 Å². The second-order valence-corrected chi connectivity index (χ2v) is 6.57. The molecule has 0 spiro atoms. The first-order valence-corrected chi connectivity index (χ1v) is 8.31. The molecule has 6 heteroatoms. The fourth-order valence-corrected chi connectivity index (χ4v) is 3.17. The third-order valence-electron chi connectivity index (χ3n) is 4.06. The molecule has 2 aromatic carbocycles. The molecular weight excluding hydrogens is 371 g/mol. The van der Waals surface area contributed by atoms with Gasteiger partial charge in [0, 0.05) is 5.70 Å². The second-order valence-electron chi connectivity index (χ2n) is 5.72. The highest BCUT2D eigenvalue weighted by Gasteiger charge is 2.23. The molecule has 0 amide bonds. The van der Waals surface area contributed by atoms with Crippen molar-refractivity contribution in [1.29, 1.82) is 0 Å². The average Bonchev–Trinajstić information content (AvgIpc) is 3.06. The van der Waals surface area contributed by atoms with Crippen LogP contribution in [0, 0.1) is 12.7 Å². The number of aryl methyl sites for hydroxylation is 1. The molecule has 1 unspecified atom stereocenters. The summed E-state index contributed by atoms with van der Waals surface area (Å²) in [6.07, 6.45) is 3.59. The van der Waals surface area contributed by atoms with Crippen LogP contribution in [-0.2, 0) is 0 Å². The number of nitrogens with zero attached hydrogens (tertiary/aromatic N) is 3. The maximum absolute atomic E-state index is 13.6. The average molecular weight is 385 g/mol.